The molecule has 5 nitrogen and oxygen atoms in total. The van der Waals surface area contributed by atoms with E-state index in [4.69, 9.17) is 16.3 Å². The number of hydrogen-bond donors (Lipinski definition) is 1. The Bertz CT molecular complexity index is 907. The maximum atomic E-state index is 12.5. The second kappa shape index (κ2) is 10.8. The number of para-hydroxylation sites is 1. The van der Waals surface area contributed by atoms with Crippen molar-refractivity contribution in [3.8, 4) is 5.75 Å². The third-order valence-corrected chi connectivity index (χ3v) is 5.34. The van der Waals surface area contributed by atoms with Crippen molar-refractivity contribution in [2.24, 2.45) is 0 Å². The van der Waals surface area contributed by atoms with E-state index in [1.807, 2.05) is 48.2 Å². The van der Waals surface area contributed by atoms with E-state index in [1.54, 1.807) is 18.2 Å². The number of hydrogen-bond acceptors (Lipinski definition) is 3. The van der Waals surface area contributed by atoms with Gasteiger partial charge in [-0.1, -0.05) is 48.9 Å². The minimum atomic E-state index is -0.223. The van der Waals surface area contributed by atoms with Crippen molar-refractivity contribution in [2.75, 3.05) is 19.7 Å². The highest BCUT2D eigenvalue weighted by atomic mass is 35.5. The Morgan fingerprint density at radius 1 is 1.17 bits per heavy atom. The summed E-state index contributed by atoms with van der Waals surface area (Å²) in [6.07, 6.45) is 6.01. The van der Waals surface area contributed by atoms with Gasteiger partial charge in [0.15, 0.2) is 6.61 Å². The summed E-state index contributed by atoms with van der Waals surface area (Å²) in [5, 5.41) is 3.64. The lowest BCUT2D eigenvalue weighted by Gasteiger charge is -2.21. The van der Waals surface area contributed by atoms with Crippen molar-refractivity contribution in [3.63, 3.8) is 0 Å². The molecule has 158 valence electrons. The van der Waals surface area contributed by atoms with Gasteiger partial charge in [0.1, 0.15) is 5.75 Å². The van der Waals surface area contributed by atoms with Gasteiger partial charge in [-0.15, -0.1) is 0 Å². The standard InChI is InChI=1S/C24H27ClN2O3/c1-2-21(26-23(28)13-12-18-8-7-9-19(25)16-18)20-10-3-4-11-22(20)30-17-24(29)27-14-5-6-15-27/h3-4,7-13,16,21H,2,5-6,14-15,17H2,1H3,(H,26,28)/b13-12-. The molecule has 0 radical (unpaired) electrons. The molecule has 1 atom stereocenters. The Balaban J connectivity index is 1.64. The van der Waals surface area contributed by atoms with Gasteiger partial charge in [0.05, 0.1) is 6.04 Å². The van der Waals surface area contributed by atoms with Gasteiger partial charge in [-0.3, -0.25) is 9.59 Å². The van der Waals surface area contributed by atoms with Crippen LogP contribution in [0.2, 0.25) is 5.02 Å². The molecular formula is C24H27ClN2O3. The van der Waals surface area contributed by atoms with Crippen molar-refractivity contribution in [2.45, 2.75) is 32.2 Å². The third-order valence-electron chi connectivity index (χ3n) is 5.10. The van der Waals surface area contributed by atoms with E-state index in [0.29, 0.717) is 17.2 Å². The number of nitrogens with one attached hydrogen (secondary N) is 1. The van der Waals surface area contributed by atoms with Gasteiger partial charge in [-0.05, 0) is 49.1 Å². The van der Waals surface area contributed by atoms with Crippen LogP contribution in [-0.4, -0.2) is 36.4 Å². The Labute approximate surface area is 182 Å². The average Bonchev–Trinajstić information content (AvgIpc) is 3.30. The van der Waals surface area contributed by atoms with Crippen LogP contribution in [0.4, 0.5) is 0 Å². The summed E-state index contributed by atoms with van der Waals surface area (Å²) >= 11 is 5.98. The second-order valence-corrected chi connectivity index (χ2v) is 7.71. The molecular weight excluding hydrogens is 400 g/mol. The minimum absolute atomic E-state index is 0.00356. The monoisotopic (exact) mass is 426 g/mol. The second-order valence-electron chi connectivity index (χ2n) is 7.27. The number of ether oxygens (including phenoxy) is 1. The number of benzene rings is 2. The first-order chi connectivity index (χ1) is 14.6. The number of carbonyl (C=O) groups excluding carboxylic acids is 2. The zero-order valence-electron chi connectivity index (χ0n) is 17.1. The zero-order chi connectivity index (χ0) is 21.3. The first kappa shape index (κ1) is 21.9. The maximum absolute atomic E-state index is 12.5. The normalized spacial score (nSPS) is 14.7. The third kappa shape index (κ3) is 6.10. The molecule has 0 saturated carbocycles. The first-order valence-electron chi connectivity index (χ1n) is 10.3. The fourth-order valence-corrected chi connectivity index (χ4v) is 3.70. The molecule has 1 saturated heterocycles. The van der Waals surface area contributed by atoms with Crippen molar-refractivity contribution in [3.05, 3.63) is 70.8 Å². The SMILES string of the molecule is CCC(NC(=O)/C=C\c1cccc(Cl)c1)c1ccccc1OCC(=O)N1CCCC1. The largest absolute Gasteiger partial charge is 0.483 e. The Hall–Kier alpha value is -2.79. The van der Waals surface area contributed by atoms with E-state index in [9.17, 15) is 9.59 Å². The molecule has 6 heteroatoms. The van der Waals surface area contributed by atoms with E-state index in [-0.39, 0.29) is 24.5 Å². The molecule has 3 rings (SSSR count). The Morgan fingerprint density at radius 2 is 1.93 bits per heavy atom. The molecule has 0 aliphatic carbocycles. The highest BCUT2D eigenvalue weighted by Gasteiger charge is 2.20. The zero-order valence-corrected chi connectivity index (χ0v) is 17.9. The lowest BCUT2D eigenvalue weighted by atomic mass is 10.0. The van der Waals surface area contributed by atoms with Crippen LogP contribution in [0.5, 0.6) is 5.75 Å². The van der Waals surface area contributed by atoms with Crippen molar-refractivity contribution in [1.29, 1.82) is 0 Å². The van der Waals surface area contributed by atoms with Crippen molar-refractivity contribution in [1.82, 2.24) is 10.2 Å². The smallest absolute Gasteiger partial charge is 0.260 e. The molecule has 1 heterocycles. The maximum Gasteiger partial charge on any atom is 0.260 e. The summed E-state index contributed by atoms with van der Waals surface area (Å²) in [5.41, 5.74) is 1.72. The number of amides is 2. The molecule has 2 amide bonds. The van der Waals surface area contributed by atoms with E-state index >= 15 is 0 Å². The van der Waals surface area contributed by atoms with Gasteiger partial charge >= 0.3 is 0 Å². The van der Waals surface area contributed by atoms with Gasteiger partial charge in [0.2, 0.25) is 5.91 Å². The van der Waals surface area contributed by atoms with Gasteiger partial charge in [-0.25, -0.2) is 0 Å². The number of carbonyl (C=O) groups is 2. The quantitative estimate of drug-likeness (QED) is 0.626. The Kier molecular flexibility index (Phi) is 7.91. The van der Waals surface area contributed by atoms with Crippen LogP contribution in [0.15, 0.2) is 54.6 Å². The molecule has 0 bridgehead atoms. The summed E-state index contributed by atoms with van der Waals surface area (Å²) in [6, 6.07) is 14.6. The Morgan fingerprint density at radius 3 is 2.67 bits per heavy atom. The van der Waals surface area contributed by atoms with Gasteiger partial charge in [0, 0.05) is 29.8 Å². The molecule has 1 unspecified atom stereocenters. The average molecular weight is 427 g/mol. The van der Waals surface area contributed by atoms with E-state index in [0.717, 1.165) is 37.1 Å². The predicted molar refractivity (Wildman–Crippen MR) is 119 cm³/mol. The van der Waals surface area contributed by atoms with Crippen LogP contribution < -0.4 is 10.1 Å². The highest BCUT2D eigenvalue weighted by Crippen LogP contribution is 2.27. The lowest BCUT2D eigenvalue weighted by Crippen LogP contribution is -2.32. The molecule has 0 aromatic heterocycles. The molecule has 30 heavy (non-hydrogen) atoms. The summed E-state index contributed by atoms with van der Waals surface area (Å²) < 4.78 is 5.84. The first-order valence-corrected chi connectivity index (χ1v) is 10.7. The fourth-order valence-electron chi connectivity index (χ4n) is 3.50. The summed E-state index contributed by atoms with van der Waals surface area (Å²) in [7, 11) is 0. The van der Waals surface area contributed by atoms with E-state index < -0.39 is 0 Å². The van der Waals surface area contributed by atoms with Gasteiger partial charge < -0.3 is 15.0 Å². The minimum Gasteiger partial charge on any atom is -0.483 e. The molecule has 1 fully saturated rings. The van der Waals surface area contributed by atoms with Crippen molar-refractivity contribution < 1.29 is 14.3 Å². The van der Waals surface area contributed by atoms with E-state index in [2.05, 4.69) is 5.32 Å². The number of nitrogens with zero attached hydrogens (tertiary/aromatic N) is 1. The molecule has 0 spiro atoms. The summed E-state index contributed by atoms with van der Waals surface area (Å²) in [4.78, 5) is 26.6. The van der Waals surface area contributed by atoms with Crippen LogP contribution in [0.25, 0.3) is 6.08 Å². The molecule has 2 aromatic rings. The lowest BCUT2D eigenvalue weighted by molar-refractivity contribution is -0.132. The number of halogens is 1. The molecule has 1 N–H and O–H groups in total. The van der Waals surface area contributed by atoms with E-state index in [1.165, 1.54) is 6.08 Å². The van der Waals surface area contributed by atoms with Crippen LogP contribution >= 0.6 is 11.6 Å². The van der Waals surface area contributed by atoms with Crippen LogP contribution in [0.3, 0.4) is 0 Å². The number of likely N-dealkylation sites (tertiary alicyclic amines) is 1. The fraction of sp³-hybridized carbons (Fsp3) is 0.333. The van der Waals surface area contributed by atoms with Crippen LogP contribution in [-0.2, 0) is 9.59 Å². The van der Waals surface area contributed by atoms with Gasteiger partial charge in [-0.2, -0.15) is 0 Å². The topological polar surface area (TPSA) is 58.6 Å². The van der Waals surface area contributed by atoms with Crippen LogP contribution in [0, 0.1) is 0 Å². The summed E-state index contributed by atoms with van der Waals surface area (Å²) in [6.45, 7) is 3.61. The van der Waals surface area contributed by atoms with Crippen LogP contribution in [0.1, 0.15) is 43.4 Å². The molecule has 1 aliphatic rings. The number of rotatable bonds is 8. The predicted octanol–water partition coefficient (Wildman–Crippen LogP) is 4.62. The molecule has 2 aromatic carbocycles. The molecule has 1 aliphatic heterocycles. The van der Waals surface area contributed by atoms with Crippen molar-refractivity contribution >= 4 is 29.5 Å². The highest BCUT2D eigenvalue weighted by molar-refractivity contribution is 6.30. The summed E-state index contributed by atoms with van der Waals surface area (Å²) in [5.74, 6) is 0.421. The van der Waals surface area contributed by atoms with Gasteiger partial charge in [0.25, 0.3) is 5.91 Å².